The number of nitrogens with one attached hydrogen (secondary N) is 1. The fraction of sp³-hybridized carbons (Fsp3) is 0.333. The van der Waals surface area contributed by atoms with E-state index >= 15 is 0 Å². The summed E-state index contributed by atoms with van der Waals surface area (Å²) in [4.78, 5) is 10.9. The Hall–Kier alpha value is -1.58. The van der Waals surface area contributed by atoms with Gasteiger partial charge in [0.1, 0.15) is 5.69 Å². The van der Waals surface area contributed by atoms with Crippen LogP contribution in [0.2, 0.25) is 0 Å². The van der Waals surface area contributed by atoms with Crippen LogP contribution in [0.3, 0.4) is 0 Å². The first kappa shape index (κ1) is 8.04. The average Bonchev–Trinajstić information content (AvgIpc) is 2.88. The number of H-pyrrole nitrogens is 1. The highest BCUT2D eigenvalue weighted by atomic mass is 16.5. The fourth-order valence-electron chi connectivity index (χ4n) is 1.17. The number of ether oxygens (including phenoxy) is 1. The van der Waals surface area contributed by atoms with Gasteiger partial charge >= 0.3 is 5.97 Å². The van der Waals surface area contributed by atoms with Crippen molar-refractivity contribution in [1.29, 1.82) is 0 Å². The number of esters is 1. The lowest BCUT2D eigenvalue weighted by molar-refractivity contribution is -0.129. The van der Waals surface area contributed by atoms with Gasteiger partial charge in [0.15, 0.2) is 5.75 Å². The summed E-state index contributed by atoms with van der Waals surface area (Å²) in [5, 5.41) is 6.72. The quantitative estimate of drug-likeness (QED) is 0.562. The second kappa shape index (κ2) is 3.05. The molecule has 0 aromatic carbocycles. The maximum Gasteiger partial charge on any atom is 0.335 e. The maximum atomic E-state index is 10.9. The lowest BCUT2D eigenvalue weighted by atomic mass is 10.3. The van der Waals surface area contributed by atoms with Crippen LogP contribution in [0.15, 0.2) is 18.9 Å². The van der Waals surface area contributed by atoms with E-state index in [1.807, 2.05) is 0 Å². The summed E-state index contributed by atoms with van der Waals surface area (Å²) < 4.78 is 4.99. The van der Waals surface area contributed by atoms with Gasteiger partial charge in [0.25, 0.3) is 0 Å². The molecule has 1 aromatic rings. The Bertz CT molecular complexity index is 339. The number of nitrogens with zero attached hydrogens (tertiary/aromatic N) is 1. The zero-order valence-corrected chi connectivity index (χ0v) is 7.12. The topological polar surface area (TPSA) is 55.0 Å². The van der Waals surface area contributed by atoms with Crippen molar-refractivity contribution in [3.8, 4) is 5.75 Å². The van der Waals surface area contributed by atoms with E-state index in [0.29, 0.717) is 11.7 Å². The molecule has 0 spiro atoms. The van der Waals surface area contributed by atoms with Gasteiger partial charge in [-0.05, 0) is 12.8 Å². The molecule has 0 amide bonds. The molecule has 1 saturated carbocycles. The Labute approximate surface area is 75.6 Å². The van der Waals surface area contributed by atoms with E-state index < -0.39 is 5.97 Å². The predicted molar refractivity (Wildman–Crippen MR) is 46.4 cm³/mol. The molecule has 0 unspecified atom stereocenters. The van der Waals surface area contributed by atoms with Crippen LogP contribution in [-0.4, -0.2) is 16.2 Å². The van der Waals surface area contributed by atoms with Crippen LogP contribution in [0.5, 0.6) is 5.75 Å². The van der Waals surface area contributed by atoms with E-state index in [1.165, 1.54) is 0 Å². The average molecular weight is 178 g/mol. The normalized spacial score (nSPS) is 15.4. The first-order valence-electron chi connectivity index (χ1n) is 4.19. The molecule has 0 radical (unpaired) electrons. The van der Waals surface area contributed by atoms with E-state index in [4.69, 9.17) is 4.74 Å². The Kier molecular flexibility index (Phi) is 1.88. The molecule has 4 nitrogen and oxygen atoms in total. The van der Waals surface area contributed by atoms with E-state index in [-0.39, 0.29) is 0 Å². The van der Waals surface area contributed by atoms with Crippen LogP contribution in [0, 0.1) is 0 Å². The number of carbonyl (C=O) groups excluding carboxylic acids is 1. The summed E-state index contributed by atoms with van der Waals surface area (Å²) in [5.41, 5.74) is 0.857. The summed E-state index contributed by atoms with van der Waals surface area (Å²) in [6.45, 7) is 3.33. The van der Waals surface area contributed by atoms with Crippen molar-refractivity contribution in [2.45, 2.75) is 18.8 Å². The zero-order chi connectivity index (χ0) is 9.26. The molecule has 13 heavy (non-hydrogen) atoms. The summed E-state index contributed by atoms with van der Waals surface area (Å²) in [6.07, 6.45) is 4.99. The first-order valence-corrected chi connectivity index (χ1v) is 4.19. The van der Waals surface area contributed by atoms with Gasteiger partial charge in [-0.2, -0.15) is 5.10 Å². The standard InChI is InChI=1S/C9H10N2O2/c1-2-8(12)13-7-5-10-11-9(7)6-3-4-6/h2,5-6H,1,3-4H2,(H,10,11). The largest absolute Gasteiger partial charge is 0.420 e. The predicted octanol–water partition coefficient (Wildman–Crippen LogP) is 1.38. The van der Waals surface area contributed by atoms with E-state index in [2.05, 4.69) is 16.8 Å². The number of aromatic amines is 1. The van der Waals surface area contributed by atoms with Gasteiger partial charge < -0.3 is 4.74 Å². The van der Waals surface area contributed by atoms with Crippen LogP contribution in [0.4, 0.5) is 0 Å². The monoisotopic (exact) mass is 178 g/mol. The molecule has 0 atom stereocenters. The molecule has 2 rings (SSSR count). The minimum atomic E-state index is -0.441. The van der Waals surface area contributed by atoms with Crippen molar-refractivity contribution in [3.05, 3.63) is 24.5 Å². The maximum absolute atomic E-state index is 10.9. The number of carbonyl (C=O) groups is 1. The van der Waals surface area contributed by atoms with E-state index in [0.717, 1.165) is 24.6 Å². The lowest BCUT2D eigenvalue weighted by Crippen LogP contribution is -2.03. The van der Waals surface area contributed by atoms with Crippen LogP contribution in [0.25, 0.3) is 0 Å². The van der Waals surface area contributed by atoms with Crippen molar-refractivity contribution >= 4 is 5.97 Å². The first-order chi connectivity index (χ1) is 6.31. The molecule has 0 aliphatic heterocycles. The Morgan fingerprint density at radius 3 is 3.15 bits per heavy atom. The number of hydrogen-bond donors (Lipinski definition) is 1. The minimum absolute atomic E-state index is 0.441. The molecule has 0 bridgehead atoms. The van der Waals surface area contributed by atoms with Crippen molar-refractivity contribution in [3.63, 3.8) is 0 Å². The van der Waals surface area contributed by atoms with Crippen molar-refractivity contribution in [1.82, 2.24) is 10.2 Å². The second-order valence-electron chi connectivity index (χ2n) is 3.03. The van der Waals surface area contributed by atoms with Crippen LogP contribution in [0.1, 0.15) is 24.5 Å². The van der Waals surface area contributed by atoms with E-state index in [1.54, 1.807) is 6.20 Å². The van der Waals surface area contributed by atoms with Crippen LogP contribution in [-0.2, 0) is 4.79 Å². The van der Waals surface area contributed by atoms with Crippen molar-refractivity contribution in [2.24, 2.45) is 0 Å². The molecule has 0 saturated heterocycles. The van der Waals surface area contributed by atoms with Crippen molar-refractivity contribution in [2.75, 3.05) is 0 Å². The van der Waals surface area contributed by atoms with Crippen LogP contribution >= 0.6 is 0 Å². The molecule has 1 aliphatic carbocycles. The minimum Gasteiger partial charge on any atom is -0.420 e. The van der Waals surface area contributed by atoms with Gasteiger partial charge in [0.05, 0.1) is 6.20 Å². The SMILES string of the molecule is C=CC(=O)Oc1c[nH]nc1C1CC1. The number of aromatic nitrogens is 2. The molecule has 4 heteroatoms. The van der Waals surface area contributed by atoms with Crippen molar-refractivity contribution < 1.29 is 9.53 Å². The van der Waals surface area contributed by atoms with Gasteiger partial charge in [-0.25, -0.2) is 4.79 Å². The third kappa shape index (κ3) is 1.61. The second-order valence-corrected chi connectivity index (χ2v) is 3.03. The fourth-order valence-corrected chi connectivity index (χ4v) is 1.17. The molecule has 1 N–H and O–H groups in total. The third-order valence-electron chi connectivity index (χ3n) is 1.97. The van der Waals surface area contributed by atoms with Gasteiger partial charge in [-0.1, -0.05) is 6.58 Å². The lowest BCUT2D eigenvalue weighted by Gasteiger charge is -1.98. The Morgan fingerprint density at radius 1 is 1.77 bits per heavy atom. The van der Waals surface area contributed by atoms with Gasteiger partial charge in [0.2, 0.25) is 0 Å². The Balaban J connectivity index is 2.14. The molecule has 68 valence electrons. The molecule has 1 aliphatic rings. The summed E-state index contributed by atoms with van der Waals surface area (Å²) in [6, 6.07) is 0. The molecular formula is C9H10N2O2. The number of rotatable bonds is 3. The molecule has 1 fully saturated rings. The van der Waals surface area contributed by atoms with Gasteiger partial charge in [-0.3, -0.25) is 5.10 Å². The summed E-state index contributed by atoms with van der Waals surface area (Å²) >= 11 is 0. The summed E-state index contributed by atoms with van der Waals surface area (Å²) in [7, 11) is 0. The highest BCUT2D eigenvalue weighted by Crippen LogP contribution is 2.42. The van der Waals surface area contributed by atoms with E-state index in [9.17, 15) is 4.79 Å². The molecular weight excluding hydrogens is 168 g/mol. The van der Waals surface area contributed by atoms with Gasteiger partial charge in [-0.15, -0.1) is 0 Å². The highest BCUT2D eigenvalue weighted by Gasteiger charge is 2.29. The summed E-state index contributed by atoms with van der Waals surface area (Å²) in [5.74, 6) is 0.564. The number of hydrogen-bond acceptors (Lipinski definition) is 3. The highest BCUT2D eigenvalue weighted by molar-refractivity contribution is 5.83. The molecule has 1 aromatic heterocycles. The smallest absolute Gasteiger partial charge is 0.335 e. The van der Waals surface area contributed by atoms with Gasteiger partial charge in [0, 0.05) is 12.0 Å². The zero-order valence-electron chi connectivity index (χ0n) is 7.12. The molecule has 1 heterocycles. The third-order valence-corrected chi connectivity index (χ3v) is 1.97. The Morgan fingerprint density at radius 2 is 2.54 bits per heavy atom. The van der Waals surface area contributed by atoms with Crippen LogP contribution < -0.4 is 4.74 Å².